The second kappa shape index (κ2) is 6.24. The first kappa shape index (κ1) is 17.9. The number of rotatable bonds is 4. The summed E-state index contributed by atoms with van der Waals surface area (Å²) < 4.78 is 0. The smallest absolute Gasteiger partial charge is 0.269 e. The highest BCUT2D eigenvalue weighted by Gasteiger charge is 2.53. The number of carbonyl (C=O) groups excluding carboxylic acids is 3. The summed E-state index contributed by atoms with van der Waals surface area (Å²) in [4.78, 5) is 47.0. The molecule has 0 aliphatic heterocycles. The summed E-state index contributed by atoms with van der Waals surface area (Å²) in [5.74, 6) is -4.25. The fraction of sp³-hybridized carbons (Fsp3) is 0.471. The number of carbonyl (C=O) groups is 3. The molecule has 0 aromatic heterocycles. The van der Waals surface area contributed by atoms with Crippen molar-refractivity contribution in [2.24, 2.45) is 11.8 Å². The fourth-order valence-electron chi connectivity index (χ4n) is 3.75. The zero-order valence-electron chi connectivity index (χ0n) is 13.7. The number of nitro benzene ring substituents is 1. The van der Waals surface area contributed by atoms with Crippen LogP contribution in [0.25, 0.3) is 0 Å². The van der Waals surface area contributed by atoms with Crippen LogP contribution < -0.4 is 0 Å². The van der Waals surface area contributed by atoms with Gasteiger partial charge >= 0.3 is 0 Å². The molecule has 128 valence electrons. The number of hydrogen-bond acceptors (Lipinski definition) is 6. The van der Waals surface area contributed by atoms with Crippen LogP contribution in [0.2, 0.25) is 0 Å². The van der Waals surface area contributed by atoms with Crippen LogP contribution in [-0.2, 0) is 14.4 Å². The topological polar surface area (TPSA) is 115 Å². The Balaban J connectivity index is 2.67. The maximum absolute atomic E-state index is 12.4. The molecular formula is C17H19NO6. The lowest BCUT2D eigenvalue weighted by atomic mass is 9.60. The highest BCUT2D eigenvalue weighted by molar-refractivity contribution is 6.05. The summed E-state index contributed by atoms with van der Waals surface area (Å²) in [5.41, 5.74) is -1.47. The number of Topliss-reactive ketones (excluding diaryl/α,β-unsaturated/α-hetero) is 3. The number of nitro groups is 1. The van der Waals surface area contributed by atoms with E-state index in [1.54, 1.807) is 0 Å². The highest BCUT2D eigenvalue weighted by Crippen LogP contribution is 2.46. The quantitative estimate of drug-likeness (QED) is 0.510. The SMILES string of the molecule is CC(=O)[C@H]1C(=O)C[C@@](C)(O)[C@H](C(C)=O)[C@@H]1c1cccc([N+](=O)[O-])c1. The van der Waals surface area contributed by atoms with E-state index in [-0.39, 0.29) is 17.9 Å². The lowest BCUT2D eigenvalue weighted by Gasteiger charge is -2.44. The van der Waals surface area contributed by atoms with E-state index in [4.69, 9.17) is 0 Å². The van der Waals surface area contributed by atoms with Gasteiger partial charge in [-0.3, -0.25) is 24.5 Å². The summed E-state index contributed by atoms with van der Waals surface area (Å²) in [5, 5.41) is 21.6. The van der Waals surface area contributed by atoms with Crippen molar-refractivity contribution in [1.29, 1.82) is 0 Å². The largest absolute Gasteiger partial charge is 0.389 e. The first-order valence-electron chi connectivity index (χ1n) is 7.56. The van der Waals surface area contributed by atoms with Gasteiger partial charge in [-0.2, -0.15) is 0 Å². The van der Waals surface area contributed by atoms with Crippen LogP contribution in [0.3, 0.4) is 0 Å². The molecule has 1 aliphatic carbocycles. The van der Waals surface area contributed by atoms with E-state index in [0.29, 0.717) is 5.56 Å². The fourth-order valence-corrected chi connectivity index (χ4v) is 3.75. The molecule has 1 N–H and O–H groups in total. The molecule has 0 bridgehead atoms. The first-order valence-corrected chi connectivity index (χ1v) is 7.56. The van der Waals surface area contributed by atoms with Gasteiger partial charge in [0, 0.05) is 24.5 Å². The molecule has 1 aromatic carbocycles. The number of benzene rings is 1. The molecule has 7 heteroatoms. The van der Waals surface area contributed by atoms with E-state index in [0.717, 1.165) is 0 Å². The average molecular weight is 333 g/mol. The lowest BCUT2D eigenvalue weighted by molar-refractivity contribution is -0.385. The third kappa shape index (κ3) is 3.12. The molecule has 7 nitrogen and oxygen atoms in total. The molecule has 0 amide bonds. The molecule has 1 saturated carbocycles. The van der Waals surface area contributed by atoms with Gasteiger partial charge in [0.2, 0.25) is 0 Å². The monoisotopic (exact) mass is 333 g/mol. The van der Waals surface area contributed by atoms with Crippen LogP contribution in [0.1, 0.15) is 38.7 Å². The van der Waals surface area contributed by atoms with Crippen molar-refractivity contribution < 1.29 is 24.4 Å². The van der Waals surface area contributed by atoms with Gasteiger partial charge in [0.15, 0.2) is 0 Å². The molecule has 0 unspecified atom stereocenters. The summed E-state index contributed by atoms with van der Waals surface area (Å²) >= 11 is 0. The summed E-state index contributed by atoms with van der Waals surface area (Å²) in [6.45, 7) is 3.93. The second-order valence-corrected chi connectivity index (χ2v) is 6.55. The van der Waals surface area contributed by atoms with Crippen LogP contribution in [0.4, 0.5) is 5.69 Å². The molecule has 2 rings (SSSR count). The molecule has 1 aliphatic rings. The predicted octanol–water partition coefficient (Wildman–Crippen LogP) is 1.81. The van der Waals surface area contributed by atoms with Gasteiger partial charge in [-0.15, -0.1) is 0 Å². The molecular weight excluding hydrogens is 314 g/mol. The Hall–Kier alpha value is -2.41. The van der Waals surface area contributed by atoms with E-state index in [2.05, 4.69) is 0 Å². The van der Waals surface area contributed by atoms with Crippen molar-refractivity contribution in [3.8, 4) is 0 Å². The molecule has 1 fully saturated rings. The number of non-ortho nitro benzene ring substituents is 1. The van der Waals surface area contributed by atoms with Gasteiger partial charge in [0.05, 0.1) is 22.4 Å². The zero-order chi connectivity index (χ0) is 18.2. The first-order chi connectivity index (χ1) is 11.1. The molecule has 0 heterocycles. The Bertz CT molecular complexity index is 724. The number of nitrogens with zero attached hydrogens (tertiary/aromatic N) is 1. The molecule has 0 saturated heterocycles. The van der Waals surface area contributed by atoms with Gasteiger partial charge in [-0.1, -0.05) is 12.1 Å². The van der Waals surface area contributed by atoms with Crippen molar-refractivity contribution >= 4 is 23.0 Å². The third-order valence-corrected chi connectivity index (χ3v) is 4.61. The minimum atomic E-state index is -1.61. The Labute approximate surface area is 138 Å². The third-order valence-electron chi connectivity index (χ3n) is 4.61. The average Bonchev–Trinajstić information content (AvgIpc) is 2.44. The predicted molar refractivity (Wildman–Crippen MR) is 84.4 cm³/mol. The standard InChI is InChI=1S/C17H19NO6/c1-9(19)14-13(21)8-17(3,22)16(10(2)20)15(14)11-5-4-6-12(7-11)18(23)24/h4-7,14-16,22H,8H2,1-3H3/t14-,15+,16+,17+/m0/s1. The van der Waals surface area contributed by atoms with Gasteiger partial charge < -0.3 is 5.11 Å². The Kier molecular flexibility index (Phi) is 4.66. The van der Waals surface area contributed by atoms with E-state index >= 15 is 0 Å². The number of aliphatic hydroxyl groups is 1. The number of hydrogen-bond donors (Lipinski definition) is 1. The van der Waals surface area contributed by atoms with Crippen LogP contribution in [0.5, 0.6) is 0 Å². The second-order valence-electron chi connectivity index (χ2n) is 6.55. The molecule has 0 spiro atoms. The van der Waals surface area contributed by atoms with Crippen LogP contribution in [0.15, 0.2) is 24.3 Å². The minimum Gasteiger partial charge on any atom is -0.389 e. The Morgan fingerprint density at radius 1 is 1.29 bits per heavy atom. The molecule has 24 heavy (non-hydrogen) atoms. The number of ketones is 3. The highest BCUT2D eigenvalue weighted by atomic mass is 16.6. The van der Waals surface area contributed by atoms with Gasteiger partial charge in [0.1, 0.15) is 17.3 Å². The van der Waals surface area contributed by atoms with Crippen LogP contribution >= 0.6 is 0 Å². The Morgan fingerprint density at radius 3 is 2.42 bits per heavy atom. The van der Waals surface area contributed by atoms with Crippen molar-refractivity contribution in [1.82, 2.24) is 0 Å². The van der Waals surface area contributed by atoms with Crippen LogP contribution in [0, 0.1) is 22.0 Å². The van der Waals surface area contributed by atoms with Crippen molar-refractivity contribution in [2.75, 3.05) is 0 Å². The van der Waals surface area contributed by atoms with Crippen molar-refractivity contribution in [2.45, 2.75) is 38.7 Å². The normalized spacial score (nSPS) is 30.0. The Morgan fingerprint density at radius 2 is 1.92 bits per heavy atom. The van der Waals surface area contributed by atoms with Crippen molar-refractivity contribution in [3.63, 3.8) is 0 Å². The zero-order valence-corrected chi connectivity index (χ0v) is 13.7. The van der Waals surface area contributed by atoms with E-state index in [1.807, 2.05) is 0 Å². The lowest BCUT2D eigenvalue weighted by Crippen LogP contribution is -2.53. The van der Waals surface area contributed by atoms with E-state index < -0.39 is 39.8 Å². The summed E-state index contributed by atoms with van der Waals surface area (Å²) in [6, 6.07) is 5.52. The molecule has 0 radical (unpaired) electrons. The van der Waals surface area contributed by atoms with Gasteiger partial charge in [0.25, 0.3) is 5.69 Å². The minimum absolute atomic E-state index is 0.199. The van der Waals surface area contributed by atoms with Crippen LogP contribution in [-0.4, -0.2) is 33.0 Å². The summed E-state index contributed by atoms with van der Waals surface area (Å²) in [7, 11) is 0. The maximum Gasteiger partial charge on any atom is 0.269 e. The molecule has 1 aromatic rings. The molecule has 4 atom stereocenters. The van der Waals surface area contributed by atoms with Crippen molar-refractivity contribution in [3.05, 3.63) is 39.9 Å². The maximum atomic E-state index is 12.4. The van der Waals surface area contributed by atoms with E-state index in [9.17, 15) is 29.6 Å². The van der Waals surface area contributed by atoms with E-state index in [1.165, 1.54) is 45.0 Å². The van der Waals surface area contributed by atoms with Gasteiger partial charge in [-0.05, 0) is 26.3 Å². The van der Waals surface area contributed by atoms with Gasteiger partial charge in [-0.25, -0.2) is 0 Å². The summed E-state index contributed by atoms with van der Waals surface area (Å²) in [6.07, 6.45) is -0.299.